The van der Waals surface area contributed by atoms with Crippen molar-refractivity contribution < 1.29 is 14.4 Å². The van der Waals surface area contributed by atoms with Crippen molar-refractivity contribution in [2.45, 2.75) is 6.92 Å². The van der Waals surface area contributed by atoms with E-state index in [2.05, 4.69) is 16.2 Å². The highest BCUT2D eigenvalue weighted by molar-refractivity contribution is 6.33. The van der Waals surface area contributed by atoms with Crippen molar-refractivity contribution in [3.8, 4) is 0 Å². The van der Waals surface area contributed by atoms with E-state index >= 15 is 0 Å². The number of carbonyl (C=O) groups is 3. The minimum absolute atomic E-state index is 0.241. The molecule has 0 saturated heterocycles. The number of anilines is 1. The first-order valence-electron chi connectivity index (χ1n) is 6.70. The molecule has 0 spiro atoms. The van der Waals surface area contributed by atoms with Crippen molar-refractivity contribution in [2.75, 3.05) is 5.32 Å². The summed E-state index contributed by atoms with van der Waals surface area (Å²) in [7, 11) is 0. The Balaban J connectivity index is 2.01. The fourth-order valence-corrected chi connectivity index (χ4v) is 2.06. The fourth-order valence-electron chi connectivity index (χ4n) is 1.84. The third-order valence-electron chi connectivity index (χ3n) is 2.85. The van der Waals surface area contributed by atoms with Gasteiger partial charge in [-0.05, 0) is 30.3 Å². The SMILES string of the molecule is CC(=O)Nc1cccc(C(=O)NNC(=O)c2ccccc2Cl)c1. The minimum Gasteiger partial charge on any atom is -0.326 e. The molecule has 6 nitrogen and oxygen atoms in total. The maximum Gasteiger partial charge on any atom is 0.271 e. The first-order valence-corrected chi connectivity index (χ1v) is 7.08. The van der Waals surface area contributed by atoms with Gasteiger partial charge < -0.3 is 5.32 Å². The summed E-state index contributed by atoms with van der Waals surface area (Å²) in [6.45, 7) is 1.37. The molecule has 2 aromatic rings. The number of benzene rings is 2. The van der Waals surface area contributed by atoms with Gasteiger partial charge in [-0.2, -0.15) is 0 Å². The van der Waals surface area contributed by atoms with Gasteiger partial charge in [-0.25, -0.2) is 0 Å². The lowest BCUT2D eigenvalue weighted by Gasteiger charge is -2.09. The van der Waals surface area contributed by atoms with Crippen LogP contribution >= 0.6 is 11.6 Å². The van der Waals surface area contributed by atoms with E-state index in [-0.39, 0.29) is 22.1 Å². The number of amides is 3. The molecule has 0 fully saturated rings. The second kappa shape index (κ2) is 7.42. The van der Waals surface area contributed by atoms with E-state index in [1.54, 1.807) is 42.5 Å². The maximum absolute atomic E-state index is 12.0. The van der Waals surface area contributed by atoms with Crippen molar-refractivity contribution in [2.24, 2.45) is 0 Å². The number of rotatable bonds is 3. The van der Waals surface area contributed by atoms with Crippen molar-refractivity contribution in [1.82, 2.24) is 10.9 Å². The van der Waals surface area contributed by atoms with Gasteiger partial charge in [0.05, 0.1) is 10.6 Å². The van der Waals surface area contributed by atoms with Crippen LogP contribution in [0.2, 0.25) is 5.02 Å². The number of nitrogens with one attached hydrogen (secondary N) is 3. The van der Waals surface area contributed by atoms with Gasteiger partial charge in [-0.3, -0.25) is 25.2 Å². The van der Waals surface area contributed by atoms with E-state index in [0.717, 1.165) is 0 Å². The quantitative estimate of drug-likeness (QED) is 0.755. The van der Waals surface area contributed by atoms with Gasteiger partial charge in [-0.1, -0.05) is 29.8 Å². The Bertz CT molecular complexity index is 762. The van der Waals surface area contributed by atoms with E-state index in [9.17, 15) is 14.4 Å². The van der Waals surface area contributed by atoms with Crippen LogP contribution in [0.25, 0.3) is 0 Å². The number of hydrogen-bond acceptors (Lipinski definition) is 3. The molecule has 0 unspecified atom stereocenters. The van der Waals surface area contributed by atoms with Crippen LogP contribution in [0.3, 0.4) is 0 Å². The minimum atomic E-state index is -0.526. The lowest BCUT2D eigenvalue weighted by atomic mass is 10.2. The molecule has 0 atom stereocenters. The van der Waals surface area contributed by atoms with Crippen LogP contribution in [0.1, 0.15) is 27.6 Å². The Morgan fingerprint density at radius 2 is 1.61 bits per heavy atom. The van der Waals surface area contributed by atoms with Crippen molar-refractivity contribution in [3.63, 3.8) is 0 Å². The highest BCUT2D eigenvalue weighted by Crippen LogP contribution is 2.14. The lowest BCUT2D eigenvalue weighted by Crippen LogP contribution is -2.41. The van der Waals surface area contributed by atoms with Crippen molar-refractivity contribution in [1.29, 1.82) is 0 Å². The van der Waals surface area contributed by atoms with Crippen LogP contribution in [0.5, 0.6) is 0 Å². The van der Waals surface area contributed by atoms with Gasteiger partial charge in [0.1, 0.15) is 0 Å². The molecule has 0 aliphatic carbocycles. The summed E-state index contributed by atoms with van der Waals surface area (Å²) < 4.78 is 0. The fraction of sp³-hybridized carbons (Fsp3) is 0.0625. The Hall–Kier alpha value is -2.86. The van der Waals surface area contributed by atoms with Crippen LogP contribution in [-0.4, -0.2) is 17.7 Å². The average Bonchev–Trinajstić information content (AvgIpc) is 2.52. The molecule has 0 heterocycles. The first kappa shape index (κ1) is 16.5. The monoisotopic (exact) mass is 331 g/mol. The zero-order valence-corrected chi connectivity index (χ0v) is 13.0. The highest BCUT2D eigenvalue weighted by Gasteiger charge is 2.12. The number of hydrogen-bond donors (Lipinski definition) is 3. The smallest absolute Gasteiger partial charge is 0.271 e. The van der Waals surface area contributed by atoms with E-state index in [1.165, 1.54) is 13.0 Å². The molecule has 3 N–H and O–H groups in total. The Kier molecular flexibility index (Phi) is 5.32. The summed E-state index contributed by atoms with van der Waals surface area (Å²) in [5.74, 6) is -1.28. The predicted molar refractivity (Wildman–Crippen MR) is 87.1 cm³/mol. The molecule has 3 amide bonds. The third-order valence-corrected chi connectivity index (χ3v) is 3.18. The summed E-state index contributed by atoms with van der Waals surface area (Å²) in [5.41, 5.74) is 5.61. The summed E-state index contributed by atoms with van der Waals surface area (Å²) in [4.78, 5) is 35.0. The second-order valence-electron chi connectivity index (χ2n) is 4.65. The van der Waals surface area contributed by atoms with E-state index in [1.807, 2.05) is 0 Å². The molecule has 2 rings (SSSR count). The molecule has 0 aromatic heterocycles. The molecule has 0 aliphatic rings. The van der Waals surface area contributed by atoms with Crippen LogP contribution in [0.15, 0.2) is 48.5 Å². The molecule has 0 aliphatic heterocycles. The van der Waals surface area contributed by atoms with Gasteiger partial charge >= 0.3 is 0 Å². The van der Waals surface area contributed by atoms with E-state index < -0.39 is 11.8 Å². The standard InChI is InChI=1S/C16H14ClN3O3/c1-10(21)18-12-6-4-5-11(9-12)15(22)19-20-16(23)13-7-2-3-8-14(13)17/h2-9H,1H3,(H,18,21)(H,19,22)(H,20,23). The van der Waals surface area contributed by atoms with Crippen LogP contribution in [-0.2, 0) is 4.79 Å². The summed E-state index contributed by atoms with van der Waals surface area (Å²) in [6, 6.07) is 12.8. The van der Waals surface area contributed by atoms with Crippen LogP contribution in [0.4, 0.5) is 5.69 Å². The molecular formula is C16H14ClN3O3. The zero-order chi connectivity index (χ0) is 16.8. The molecule has 23 heavy (non-hydrogen) atoms. The second-order valence-corrected chi connectivity index (χ2v) is 5.06. The molecule has 2 aromatic carbocycles. The topological polar surface area (TPSA) is 87.3 Å². The van der Waals surface area contributed by atoms with Crippen molar-refractivity contribution in [3.05, 3.63) is 64.7 Å². The van der Waals surface area contributed by atoms with Crippen LogP contribution in [0, 0.1) is 0 Å². The molecule has 0 bridgehead atoms. The summed E-state index contributed by atoms with van der Waals surface area (Å²) >= 11 is 5.91. The number of halogens is 1. The Morgan fingerprint density at radius 1 is 0.913 bits per heavy atom. The summed E-state index contributed by atoms with van der Waals surface area (Å²) in [5, 5.41) is 2.86. The molecule has 7 heteroatoms. The Labute approximate surface area is 137 Å². The molecular weight excluding hydrogens is 318 g/mol. The average molecular weight is 332 g/mol. The molecule has 0 saturated carbocycles. The van der Waals surface area contributed by atoms with Gasteiger partial charge in [-0.15, -0.1) is 0 Å². The van der Waals surface area contributed by atoms with Crippen LogP contribution < -0.4 is 16.2 Å². The van der Waals surface area contributed by atoms with Gasteiger partial charge in [0, 0.05) is 18.2 Å². The van der Waals surface area contributed by atoms with Crippen molar-refractivity contribution >= 4 is 35.0 Å². The van der Waals surface area contributed by atoms with E-state index in [4.69, 9.17) is 11.6 Å². The summed E-state index contributed by atoms with van der Waals surface area (Å²) in [6.07, 6.45) is 0. The Morgan fingerprint density at radius 3 is 2.30 bits per heavy atom. The predicted octanol–water partition coefficient (Wildman–Crippen LogP) is 2.37. The van der Waals surface area contributed by atoms with Gasteiger partial charge in [0.2, 0.25) is 5.91 Å². The third kappa shape index (κ3) is 4.55. The first-order chi connectivity index (χ1) is 11.0. The molecule has 0 radical (unpaired) electrons. The maximum atomic E-state index is 12.0. The lowest BCUT2D eigenvalue weighted by molar-refractivity contribution is -0.114. The zero-order valence-electron chi connectivity index (χ0n) is 12.2. The van der Waals surface area contributed by atoms with Gasteiger partial charge in [0.15, 0.2) is 0 Å². The highest BCUT2D eigenvalue weighted by atomic mass is 35.5. The molecule has 118 valence electrons. The normalized spacial score (nSPS) is 9.83. The number of hydrazine groups is 1. The number of carbonyl (C=O) groups excluding carboxylic acids is 3. The largest absolute Gasteiger partial charge is 0.326 e. The van der Waals surface area contributed by atoms with Gasteiger partial charge in [0.25, 0.3) is 11.8 Å². The van der Waals surface area contributed by atoms with E-state index in [0.29, 0.717) is 5.69 Å².